The van der Waals surface area contributed by atoms with E-state index >= 15 is 0 Å². The molecule has 2 rings (SSSR count). The maximum Gasteiger partial charge on any atom is 0.287 e. The molecule has 0 fully saturated rings. The molecule has 1 atom stereocenters. The molecule has 1 heterocycles. The van der Waals surface area contributed by atoms with Gasteiger partial charge in [0.05, 0.1) is 0 Å². The second-order valence-corrected chi connectivity index (χ2v) is 6.10. The zero-order chi connectivity index (χ0) is 16.7. The van der Waals surface area contributed by atoms with Crippen LogP contribution in [0.15, 0.2) is 45.3 Å². The first-order valence-corrected chi connectivity index (χ1v) is 8.36. The Bertz CT molecular complexity index is 642. The smallest absolute Gasteiger partial charge is 0.287 e. The molecule has 1 amide bonds. The number of hydrogen-bond donors (Lipinski definition) is 2. The summed E-state index contributed by atoms with van der Waals surface area (Å²) in [6.45, 7) is 5.75. The van der Waals surface area contributed by atoms with E-state index in [1.165, 1.54) is 0 Å². The van der Waals surface area contributed by atoms with Gasteiger partial charge in [-0.15, -0.1) is 0 Å². The predicted octanol–water partition coefficient (Wildman–Crippen LogP) is 3.35. The zero-order valence-electron chi connectivity index (χ0n) is 13.3. The number of nitrogens with one attached hydrogen (secondary N) is 2. The molecule has 2 N–H and O–H groups in total. The van der Waals surface area contributed by atoms with Crippen LogP contribution in [0, 0.1) is 0 Å². The molecule has 6 heteroatoms. The normalized spacial score (nSPS) is 12.0. The highest BCUT2D eigenvalue weighted by molar-refractivity contribution is 9.10. The van der Waals surface area contributed by atoms with Gasteiger partial charge in [0.1, 0.15) is 18.1 Å². The molecular formula is C17H21BrN2O3. The molecule has 0 aliphatic carbocycles. The number of carbonyl (C=O) groups is 1. The fraction of sp³-hybridized carbons (Fsp3) is 0.353. The Morgan fingerprint density at radius 1 is 1.35 bits per heavy atom. The van der Waals surface area contributed by atoms with Crippen LogP contribution in [0.25, 0.3) is 0 Å². The third kappa shape index (κ3) is 5.73. The van der Waals surface area contributed by atoms with Crippen LogP contribution in [0.3, 0.4) is 0 Å². The van der Waals surface area contributed by atoms with Crippen molar-refractivity contribution >= 4 is 21.8 Å². The minimum absolute atomic E-state index is 0.219. The molecule has 1 aromatic carbocycles. The van der Waals surface area contributed by atoms with Gasteiger partial charge in [-0.25, -0.2) is 0 Å². The molecule has 0 aliphatic heterocycles. The highest BCUT2D eigenvalue weighted by Gasteiger charge is 2.12. The van der Waals surface area contributed by atoms with E-state index < -0.39 is 0 Å². The standard InChI is InChI=1S/C17H21BrN2O3/c1-3-19-12(2)10-20-17(21)16-8-7-15(23-16)11-22-14-6-4-5-13(18)9-14/h4-9,12,19H,3,10-11H2,1-2H3,(H,20,21)/t12-/m1/s1. The lowest BCUT2D eigenvalue weighted by Crippen LogP contribution is -2.38. The highest BCUT2D eigenvalue weighted by Crippen LogP contribution is 2.19. The van der Waals surface area contributed by atoms with E-state index in [9.17, 15) is 4.79 Å². The summed E-state index contributed by atoms with van der Waals surface area (Å²) in [7, 11) is 0. The molecule has 0 radical (unpaired) electrons. The van der Waals surface area contributed by atoms with E-state index in [-0.39, 0.29) is 18.6 Å². The predicted molar refractivity (Wildman–Crippen MR) is 92.7 cm³/mol. The van der Waals surface area contributed by atoms with E-state index in [0.717, 1.165) is 16.8 Å². The molecule has 0 saturated carbocycles. The van der Waals surface area contributed by atoms with E-state index in [1.807, 2.05) is 38.1 Å². The number of amides is 1. The van der Waals surface area contributed by atoms with Crippen LogP contribution >= 0.6 is 15.9 Å². The van der Waals surface area contributed by atoms with E-state index in [0.29, 0.717) is 18.1 Å². The Balaban J connectivity index is 1.84. The van der Waals surface area contributed by atoms with Crippen molar-refractivity contribution in [1.29, 1.82) is 0 Å². The monoisotopic (exact) mass is 380 g/mol. The third-order valence-electron chi connectivity index (χ3n) is 3.18. The van der Waals surface area contributed by atoms with Crippen LogP contribution in [0.1, 0.15) is 30.2 Å². The minimum Gasteiger partial charge on any atom is -0.486 e. The molecule has 0 aliphatic rings. The van der Waals surface area contributed by atoms with Crippen molar-refractivity contribution in [3.05, 3.63) is 52.4 Å². The lowest BCUT2D eigenvalue weighted by atomic mass is 10.3. The van der Waals surface area contributed by atoms with Gasteiger partial charge < -0.3 is 19.8 Å². The van der Waals surface area contributed by atoms with E-state index in [4.69, 9.17) is 9.15 Å². The van der Waals surface area contributed by atoms with Crippen molar-refractivity contribution in [2.75, 3.05) is 13.1 Å². The molecule has 1 aromatic heterocycles. The Kier molecular flexibility index (Phi) is 6.67. The number of ether oxygens (including phenoxy) is 1. The molecule has 0 bridgehead atoms. The van der Waals surface area contributed by atoms with Gasteiger partial charge >= 0.3 is 0 Å². The summed E-state index contributed by atoms with van der Waals surface area (Å²) in [4.78, 5) is 12.0. The largest absolute Gasteiger partial charge is 0.486 e. The average molecular weight is 381 g/mol. The topological polar surface area (TPSA) is 63.5 Å². The molecule has 23 heavy (non-hydrogen) atoms. The number of furan rings is 1. The van der Waals surface area contributed by atoms with Gasteiger partial charge in [0.2, 0.25) is 0 Å². The summed E-state index contributed by atoms with van der Waals surface area (Å²) in [5, 5.41) is 6.07. The minimum atomic E-state index is -0.219. The molecular weight excluding hydrogens is 360 g/mol. The summed E-state index contributed by atoms with van der Waals surface area (Å²) in [6, 6.07) is 11.2. The second kappa shape index (κ2) is 8.74. The summed E-state index contributed by atoms with van der Waals surface area (Å²) in [5.74, 6) is 1.42. The Labute approximate surface area is 144 Å². The van der Waals surface area contributed by atoms with Crippen LogP contribution in [0.4, 0.5) is 0 Å². The summed E-state index contributed by atoms with van der Waals surface area (Å²) in [5.41, 5.74) is 0. The fourth-order valence-corrected chi connectivity index (χ4v) is 2.42. The van der Waals surface area contributed by atoms with Gasteiger partial charge in [-0.3, -0.25) is 4.79 Å². The number of benzene rings is 1. The molecule has 0 unspecified atom stereocenters. The SMILES string of the molecule is CCN[C@H](C)CNC(=O)c1ccc(COc2cccc(Br)c2)o1. The average Bonchev–Trinajstić information content (AvgIpc) is 3.00. The number of halogens is 1. The summed E-state index contributed by atoms with van der Waals surface area (Å²) in [6.07, 6.45) is 0. The van der Waals surface area contributed by atoms with Gasteiger partial charge in [-0.1, -0.05) is 28.9 Å². The van der Waals surface area contributed by atoms with Gasteiger partial charge in [-0.05, 0) is 43.8 Å². The first-order chi connectivity index (χ1) is 11.1. The van der Waals surface area contributed by atoms with Crippen molar-refractivity contribution in [3.8, 4) is 5.75 Å². The van der Waals surface area contributed by atoms with Gasteiger partial charge in [0.15, 0.2) is 5.76 Å². The van der Waals surface area contributed by atoms with Crippen LogP contribution in [0.5, 0.6) is 5.75 Å². The quantitative estimate of drug-likeness (QED) is 0.736. The highest BCUT2D eigenvalue weighted by atomic mass is 79.9. The zero-order valence-corrected chi connectivity index (χ0v) is 14.9. The van der Waals surface area contributed by atoms with Crippen molar-refractivity contribution in [2.24, 2.45) is 0 Å². The Morgan fingerprint density at radius 2 is 2.17 bits per heavy atom. The molecule has 2 aromatic rings. The molecule has 0 saturated heterocycles. The number of rotatable bonds is 8. The summed E-state index contributed by atoms with van der Waals surface area (Å²) >= 11 is 3.39. The van der Waals surface area contributed by atoms with Gasteiger partial charge in [0.25, 0.3) is 5.91 Å². The van der Waals surface area contributed by atoms with Crippen LogP contribution in [-0.4, -0.2) is 25.0 Å². The third-order valence-corrected chi connectivity index (χ3v) is 3.68. The lowest BCUT2D eigenvalue weighted by molar-refractivity contribution is 0.0918. The lowest BCUT2D eigenvalue weighted by Gasteiger charge is -2.12. The summed E-state index contributed by atoms with van der Waals surface area (Å²) < 4.78 is 12.1. The van der Waals surface area contributed by atoms with Crippen LogP contribution < -0.4 is 15.4 Å². The van der Waals surface area contributed by atoms with E-state index in [1.54, 1.807) is 12.1 Å². The van der Waals surface area contributed by atoms with Crippen molar-refractivity contribution in [3.63, 3.8) is 0 Å². The van der Waals surface area contributed by atoms with Crippen LogP contribution in [-0.2, 0) is 6.61 Å². The fourth-order valence-electron chi connectivity index (χ4n) is 2.04. The molecule has 0 spiro atoms. The van der Waals surface area contributed by atoms with Gasteiger partial charge in [0, 0.05) is 17.1 Å². The maximum absolute atomic E-state index is 12.0. The van der Waals surface area contributed by atoms with Crippen molar-refractivity contribution < 1.29 is 13.9 Å². The van der Waals surface area contributed by atoms with Crippen LogP contribution in [0.2, 0.25) is 0 Å². The van der Waals surface area contributed by atoms with Crippen molar-refractivity contribution in [2.45, 2.75) is 26.5 Å². The number of hydrogen-bond acceptors (Lipinski definition) is 4. The Morgan fingerprint density at radius 3 is 2.91 bits per heavy atom. The molecule has 5 nitrogen and oxygen atoms in total. The number of likely N-dealkylation sites (N-methyl/N-ethyl adjacent to an activating group) is 1. The van der Waals surface area contributed by atoms with E-state index in [2.05, 4.69) is 26.6 Å². The first-order valence-electron chi connectivity index (χ1n) is 7.57. The second-order valence-electron chi connectivity index (χ2n) is 5.18. The number of carbonyl (C=O) groups excluding carboxylic acids is 1. The maximum atomic E-state index is 12.0. The first kappa shape index (κ1) is 17.6. The molecule has 124 valence electrons. The Hall–Kier alpha value is -1.79. The van der Waals surface area contributed by atoms with Gasteiger partial charge in [-0.2, -0.15) is 0 Å². The van der Waals surface area contributed by atoms with Crippen molar-refractivity contribution in [1.82, 2.24) is 10.6 Å².